The monoisotopic (exact) mass is 227 g/mol. The third-order valence-electron chi connectivity index (χ3n) is 3.50. The molecule has 1 rings (SSSR count). The molecule has 0 aromatic rings. The van der Waals surface area contributed by atoms with Gasteiger partial charge in [0.05, 0.1) is 20.1 Å². The van der Waals surface area contributed by atoms with Crippen LogP contribution in [0.25, 0.3) is 0 Å². The van der Waals surface area contributed by atoms with Crippen LogP contribution >= 0.6 is 0 Å². The van der Waals surface area contributed by atoms with Crippen molar-refractivity contribution < 1.29 is 9.59 Å². The summed E-state index contributed by atoms with van der Waals surface area (Å²) in [6.07, 6.45) is 1.29. The predicted octanol–water partition coefficient (Wildman–Crippen LogP) is 1.87. The standard InChI is InChI=1S/C13H26N2O/c1-12(2)5-6-14-7-9-15(4,10-8-14)11-13(3)16/h12H,3,5-11H2,1-2,4H3/p+1. The van der Waals surface area contributed by atoms with Gasteiger partial charge in [-0.25, -0.2) is 0 Å². The summed E-state index contributed by atoms with van der Waals surface area (Å²) < 4.78 is 0.938. The summed E-state index contributed by atoms with van der Waals surface area (Å²) in [7, 11) is 2.21. The van der Waals surface area contributed by atoms with E-state index >= 15 is 0 Å². The summed E-state index contributed by atoms with van der Waals surface area (Å²) in [6, 6.07) is 0. The minimum absolute atomic E-state index is 0.318. The molecule has 3 nitrogen and oxygen atoms in total. The number of rotatable bonds is 5. The van der Waals surface area contributed by atoms with Crippen LogP contribution in [0.1, 0.15) is 20.3 Å². The Morgan fingerprint density at radius 2 is 1.94 bits per heavy atom. The van der Waals surface area contributed by atoms with Gasteiger partial charge in [-0.2, -0.15) is 0 Å². The molecule has 0 atom stereocenters. The van der Waals surface area contributed by atoms with Gasteiger partial charge in [0, 0.05) is 13.1 Å². The third-order valence-corrected chi connectivity index (χ3v) is 3.50. The van der Waals surface area contributed by atoms with Crippen molar-refractivity contribution in [2.75, 3.05) is 46.3 Å². The van der Waals surface area contributed by atoms with Crippen LogP contribution in [0.4, 0.5) is 0 Å². The minimum Gasteiger partial charge on any atom is -0.507 e. The second-order valence-electron chi connectivity index (χ2n) is 5.82. The summed E-state index contributed by atoms with van der Waals surface area (Å²) in [5.41, 5.74) is 0. The maximum Gasteiger partial charge on any atom is 0.139 e. The molecular weight excluding hydrogens is 200 g/mol. The van der Waals surface area contributed by atoms with E-state index in [1.165, 1.54) is 13.0 Å². The molecule has 1 fully saturated rings. The first-order chi connectivity index (χ1) is 7.41. The van der Waals surface area contributed by atoms with Crippen LogP contribution in [0.3, 0.4) is 0 Å². The summed E-state index contributed by atoms with van der Waals surface area (Å²) in [4.78, 5) is 2.54. The van der Waals surface area contributed by atoms with Crippen LogP contribution in [-0.4, -0.2) is 60.8 Å². The minimum atomic E-state index is 0.318. The van der Waals surface area contributed by atoms with E-state index in [1.54, 1.807) is 0 Å². The second kappa shape index (κ2) is 5.69. The Balaban J connectivity index is 2.30. The fourth-order valence-corrected chi connectivity index (χ4v) is 2.25. The van der Waals surface area contributed by atoms with E-state index in [9.17, 15) is 5.11 Å². The first kappa shape index (κ1) is 13.5. The lowest BCUT2D eigenvalue weighted by molar-refractivity contribution is -0.910. The van der Waals surface area contributed by atoms with E-state index in [1.807, 2.05) is 0 Å². The van der Waals surface area contributed by atoms with Gasteiger partial charge in [-0.1, -0.05) is 20.4 Å². The molecule has 0 amide bonds. The first-order valence-electron chi connectivity index (χ1n) is 6.34. The topological polar surface area (TPSA) is 23.5 Å². The largest absolute Gasteiger partial charge is 0.507 e. The number of likely N-dealkylation sites (N-methyl/N-ethyl adjacent to an activating group) is 1. The molecule has 0 aromatic heterocycles. The Kier molecular flexibility index (Phi) is 4.81. The Bertz CT molecular complexity index is 230. The lowest BCUT2D eigenvalue weighted by Gasteiger charge is -2.41. The molecule has 0 radical (unpaired) electrons. The average Bonchev–Trinajstić information content (AvgIpc) is 2.15. The van der Waals surface area contributed by atoms with Gasteiger partial charge < -0.3 is 9.59 Å². The average molecular weight is 227 g/mol. The van der Waals surface area contributed by atoms with E-state index in [4.69, 9.17) is 0 Å². The maximum absolute atomic E-state index is 9.29. The zero-order chi connectivity index (χ0) is 12.2. The molecule has 3 heteroatoms. The number of hydrogen-bond acceptors (Lipinski definition) is 2. The number of aliphatic hydroxyl groups is 1. The summed E-state index contributed by atoms with van der Waals surface area (Å²) in [5.74, 6) is 1.11. The lowest BCUT2D eigenvalue weighted by Crippen LogP contribution is -2.57. The highest BCUT2D eigenvalue weighted by Crippen LogP contribution is 2.13. The molecule has 1 heterocycles. The van der Waals surface area contributed by atoms with Gasteiger partial charge in [-0.3, -0.25) is 4.90 Å². The molecule has 0 aromatic carbocycles. The van der Waals surface area contributed by atoms with Crippen molar-refractivity contribution in [3.8, 4) is 0 Å². The van der Waals surface area contributed by atoms with Crippen molar-refractivity contribution in [2.45, 2.75) is 20.3 Å². The molecular formula is C13H27N2O+. The van der Waals surface area contributed by atoms with Crippen LogP contribution in [0.15, 0.2) is 12.3 Å². The van der Waals surface area contributed by atoms with Crippen LogP contribution in [0.2, 0.25) is 0 Å². The lowest BCUT2D eigenvalue weighted by atomic mass is 10.1. The number of nitrogens with zero attached hydrogens (tertiary/aromatic N) is 2. The van der Waals surface area contributed by atoms with Crippen molar-refractivity contribution in [3.05, 3.63) is 12.3 Å². The first-order valence-corrected chi connectivity index (χ1v) is 6.34. The van der Waals surface area contributed by atoms with Gasteiger partial charge in [-0.05, 0) is 18.9 Å². The van der Waals surface area contributed by atoms with Gasteiger partial charge in [-0.15, -0.1) is 0 Å². The van der Waals surface area contributed by atoms with Crippen molar-refractivity contribution in [2.24, 2.45) is 5.92 Å². The van der Waals surface area contributed by atoms with Gasteiger partial charge in [0.1, 0.15) is 12.3 Å². The Morgan fingerprint density at radius 1 is 1.38 bits per heavy atom. The van der Waals surface area contributed by atoms with E-state index in [0.717, 1.165) is 36.6 Å². The van der Waals surface area contributed by atoms with Crippen LogP contribution in [-0.2, 0) is 0 Å². The number of quaternary nitrogens is 1. The highest BCUT2D eigenvalue weighted by atomic mass is 16.3. The zero-order valence-corrected chi connectivity index (χ0v) is 11.1. The van der Waals surface area contributed by atoms with Gasteiger partial charge in [0.25, 0.3) is 0 Å². The fourth-order valence-electron chi connectivity index (χ4n) is 2.25. The molecule has 1 aliphatic rings. The quantitative estimate of drug-likeness (QED) is 0.572. The zero-order valence-electron chi connectivity index (χ0n) is 11.1. The molecule has 1 N–H and O–H groups in total. The normalized spacial score (nSPS) is 21.2. The van der Waals surface area contributed by atoms with Crippen molar-refractivity contribution in [3.63, 3.8) is 0 Å². The summed E-state index contributed by atoms with van der Waals surface area (Å²) >= 11 is 0. The van der Waals surface area contributed by atoms with Gasteiger partial charge in [0.15, 0.2) is 0 Å². The number of piperazine rings is 1. The van der Waals surface area contributed by atoms with Crippen LogP contribution < -0.4 is 0 Å². The van der Waals surface area contributed by atoms with Crippen molar-refractivity contribution in [1.29, 1.82) is 0 Å². The molecule has 1 aliphatic heterocycles. The summed E-state index contributed by atoms with van der Waals surface area (Å²) in [6.45, 7) is 14.6. The molecule has 1 saturated heterocycles. The summed E-state index contributed by atoms with van der Waals surface area (Å²) in [5, 5.41) is 9.29. The molecule has 94 valence electrons. The highest BCUT2D eigenvalue weighted by Gasteiger charge is 2.28. The molecule has 0 unspecified atom stereocenters. The number of hydrogen-bond donors (Lipinski definition) is 1. The smallest absolute Gasteiger partial charge is 0.139 e. The van der Waals surface area contributed by atoms with Crippen molar-refractivity contribution in [1.82, 2.24) is 4.90 Å². The third kappa shape index (κ3) is 4.54. The van der Waals surface area contributed by atoms with E-state index in [0.29, 0.717) is 12.3 Å². The van der Waals surface area contributed by atoms with Gasteiger partial charge in [0.2, 0.25) is 0 Å². The van der Waals surface area contributed by atoms with Crippen LogP contribution in [0, 0.1) is 5.92 Å². The van der Waals surface area contributed by atoms with E-state index in [-0.39, 0.29) is 0 Å². The SMILES string of the molecule is C=C(O)C[N+]1(C)CCN(CCC(C)C)CC1. The Hall–Kier alpha value is -0.540. The molecule has 0 spiro atoms. The fraction of sp³-hybridized carbons (Fsp3) is 0.846. The highest BCUT2D eigenvalue weighted by molar-refractivity contribution is 4.79. The van der Waals surface area contributed by atoms with E-state index < -0.39 is 0 Å². The van der Waals surface area contributed by atoms with Crippen LogP contribution in [0.5, 0.6) is 0 Å². The molecule has 0 bridgehead atoms. The number of aliphatic hydroxyl groups excluding tert-OH is 1. The maximum atomic E-state index is 9.29. The molecule has 0 aliphatic carbocycles. The Labute approximate surface area is 99.9 Å². The molecule has 16 heavy (non-hydrogen) atoms. The van der Waals surface area contributed by atoms with E-state index in [2.05, 4.69) is 32.4 Å². The Morgan fingerprint density at radius 3 is 2.38 bits per heavy atom. The second-order valence-corrected chi connectivity index (χ2v) is 5.82. The molecule has 0 saturated carbocycles. The van der Waals surface area contributed by atoms with Crippen molar-refractivity contribution >= 4 is 0 Å². The predicted molar refractivity (Wildman–Crippen MR) is 68.4 cm³/mol. The van der Waals surface area contributed by atoms with Gasteiger partial charge >= 0.3 is 0 Å².